The van der Waals surface area contributed by atoms with Crippen LogP contribution in [0.4, 0.5) is 8.78 Å². The van der Waals surface area contributed by atoms with Crippen molar-refractivity contribution in [2.45, 2.75) is 45.8 Å². The third-order valence-corrected chi connectivity index (χ3v) is 7.80. The Bertz CT molecular complexity index is 1330. The van der Waals surface area contributed by atoms with Crippen molar-refractivity contribution in [2.24, 2.45) is 5.92 Å². The summed E-state index contributed by atoms with van der Waals surface area (Å²) in [5, 5.41) is 19.7. The average Bonchev–Trinajstić information content (AvgIpc) is 3.40. The summed E-state index contributed by atoms with van der Waals surface area (Å²) in [7, 11) is 0. The molecule has 2 heterocycles. The number of aromatic hydroxyl groups is 2. The van der Waals surface area contributed by atoms with E-state index in [1.807, 2.05) is 31.2 Å². The van der Waals surface area contributed by atoms with Crippen LogP contribution in [-0.4, -0.2) is 40.9 Å². The zero-order chi connectivity index (χ0) is 27.0. The van der Waals surface area contributed by atoms with Crippen LogP contribution in [0.5, 0.6) is 23.0 Å². The number of ether oxygens (including phenoxy) is 2. The van der Waals surface area contributed by atoms with Crippen molar-refractivity contribution in [3.05, 3.63) is 82.9 Å². The zero-order valence-electron chi connectivity index (χ0n) is 21.9. The highest BCUT2D eigenvalue weighted by Gasteiger charge is 2.31. The second kappa shape index (κ2) is 10.7. The van der Waals surface area contributed by atoms with Gasteiger partial charge < -0.3 is 19.7 Å². The second-order valence-corrected chi connectivity index (χ2v) is 10.3. The van der Waals surface area contributed by atoms with E-state index in [4.69, 9.17) is 9.47 Å². The molecule has 38 heavy (non-hydrogen) atoms. The van der Waals surface area contributed by atoms with Crippen molar-refractivity contribution >= 4 is 11.1 Å². The van der Waals surface area contributed by atoms with Gasteiger partial charge in [0.15, 0.2) is 17.4 Å². The largest absolute Gasteiger partial charge is 0.508 e. The molecule has 0 aliphatic carbocycles. The van der Waals surface area contributed by atoms with Crippen molar-refractivity contribution in [1.82, 2.24) is 4.90 Å². The van der Waals surface area contributed by atoms with Crippen LogP contribution in [0.3, 0.4) is 0 Å². The molecule has 1 fully saturated rings. The molecule has 7 heteroatoms. The quantitative estimate of drug-likeness (QED) is 0.353. The summed E-state index contributed by atoms with van der Waals surface area (Å²) >= 11 is 0. The molecule has 3 aromatic rings. The van der Waals surface area contributed by atoms with E-state index >= 15 is 0 Å². The number of hydrogen-bond donors (Lipinski definition) is 2. The lowest BCUT2D eigenvalue weighted by Gasteiger charge is -2.31. The summed E-state index contributed by atoms with van der Waals surface area (Å²) < 4.78 is 41.1. The van der Waals surface area contributed by atoms with E-state index in [-0.39, 0.29) is 11.3 Å². The number of phenols is 2. The predicted octanol–water partition coefficient (Wildman–Crippen LogP) is 6.94. The third-order valence-electron chi connectivity index (χ3n) is 7.80. The van der Waals surface area contributed by atoms with Crippen LogP contribution in [0.15, 0.2) is 54.6 Å². The summed E-state index contributed by atoms with van der Waals surface area (Å²) in [6.07, 6.45) is 1.78. The molecule has 200 valence electrons. The summed E-state index contributed by atoms with van der Waals surface area (Å²) in [5.41, 5.74) is 2.91. The molecule has 5 rings (SSSR count). The van der Waals surface area contributed by atoms with Crippen molar-refractivity contribution in [3.8, 4) is 23.0 Å². The van der Waals surface area contributed by atoms with Gasteiger partial charge in [-0.05, 0) is 91.9 Å². The molecule has 1 saturated heterocycles. The SMILES string of the molecule is CC[C@@H]1CCN([C@@H](C)COc2ccc(C3Oc4ccc(O)cc4C(C)=C3c3cc(F)c(O)c(F)c3)cc2)C1. The lowest BCUT2D eigenvalue weighted by molar-refractivity contribution is 0.168. The van der Waals surface area contributed by atoms with Gasteiger partial charge in [-0.15, -0.1) is 0 Å². The summed E-state index contributed by atoms with van der Waals surface area (Å²) in [4.78, 5) is 2.48. The van der Waals surface area contributed by atoms with E-state index in [1.165, 1.54) is 18.9 Å². The number of phenolic OH excluding ortho intramolecular Hbond substituents is 2. The number of nitrogens with zero attached hydrogens (tertiary/aromatic N) is 1. The fourth-order valence-electron chi connectivity index (χ4n) is 5.42. The molecule has 0 spiro atoms. The van der Waals surface area contributed by atoms with Crippen LogP contribution in [0, 0.1) is 17.6 Å². The number of benzene rings is 3. The van der Waals surface area contributed by atoms with Crippen molar-refractivity contribution in [3.63, 3.8) is 0 Å². The van der Waals surface area contributed by atoms with Crippen LogP contribution < -0.4 is 9.47 Å². The molecule has 5 nitrogen and oxygen atoms in total. The van der Waals surface area contributed by atoms with Crippen LogP contribution in [0.2, 0.25) is 0 Å². The molecule has 0 amide bonds. The van der Waals surface area contributed by atoms with Crippen molar-refractivity contribution < 1.29 is 28.5 Å². The Labute approximate surface area is 221 Å². The number of likely N-dealkylation sites (tertiary alicyclic amines) is 1. The summed E-state index contributed by atoms with van der Waals surface area (Å²) in [6.45, 7) is 9.06. The molecule has 3 aromatic carbocycles. The Morgan fingerprint density at radius 1 is 1.05 bits per heavy atom. The number of rotatable bonds is 7. The van der Waals surface area contributed by atoms with Crippen molar-refractivity contribution in [2.75, 3.05) is 19.7 Å². The van der Waals surface area contributed by atoms with Crippen LogP contribution >= 0.6 is 0 Å². The van der Waals surface area contributed by atoms with Crippen LogP contribution in [-0.2, 0) is 0 Å². The summed E-state index contributed by atoms with van der Waals surface area (Å²) in [5.74, 6) is -1.02. The minimum Gasteiger partial charge on any atom is -0.508 e. The van der Waals surface area contributed by atoms with E-state index in [9.17, 15) is 19.0 Å². The average molecular weight is 522 g/mol. The zero-order valence-corrected chi connectivity index (χ0v) is 21.9. The van der Waals surface area contributed by atoms with Gasteiger partial charge in [0.05, 0.1) is 0 Å². The maximum atomic E-state index is 14.4. The first-order chi connectivity index (χ1) is 18.2. The fourth-order valence-corrected chi connectivity index (χ4v) is 5.42. The monoisotopic (exact) mass is 521 g/mol. The molecular formula is C31H33F2NO4. The second-order valence-electron chi connectivity index (χ2n) is 10.3. The first-order valence-electron chi connectivity index (χ1n) is 13.1. The Morgan fingerprint density at radius 2 is 1.76 bits per heavy atom. The molecule has 2 aliphatic heterocycles. The molecule has 0 saturated carbocycles. The maximum Gasteiger partial charge on any atom is 0.187 e. The van der Waals surface area contributed by atoms with Crippen molar-refractivity contribution in [1.29, 1.82) is 0 Å². The smallest absolute Gasteiger partial charge is 0.187 e. The molecule has 0 radical (unpaired) electrons. The highest BCUT2D eigenvalue weighted by molar-refractivity contribution is 5.95. The van der Waals surface area contributed by atoms with Crippen LogP contribution in [0.25, 0.3) is 11.1 Å². The topological polar surface area (TPSA) is 62.2 Å². The maximum absolute atomic E-state index is 14.4. The van der Waals surface area contributed by atoms with E-state index < -0.39 is 23.5 Å². The van der Waals surface area contributed by atoms with Gasteiger partial charge in [-0.3, -0.25) is 4.90 Å². The van der Waals surface area contributed by atoms with E-state index in [1.54, 1.807) is 12.1 Å². The first kappa shape index (κ1) is 26.0. The van der Waals surface area contributed by atoms with Gasteiger partial charge in [0, 0.05) is 23.7 Å². The number of halogens is 2. The standard InChI is InChI=1S/C31H33F2NO4/c1-4-20-11-12-34(16-20)18(2)17-37-24-8-5-21(6-9-24)31-29(22-13-26(32)30(36)27(33)14-22)19(3)25-15-23(35)7-10-28(25)38-31/h5-10,13-15,18,20,31,35-36H,4,11-12,16-17H2,1-3H3/t18-,20+,31?/m0/s1. The van der Waals surface area contributed by atoms with E-state index in [0.29, 0.717) is 35.1 Å². The fraction of sp³-hybridized carbons (Fsp3) is 0.355. The van der Waals surface area contributed by atoms with Gasteiger partial charge in [0.1, 0.15) is 30.0 Å². The Balaban J connectivity index is 1.42. The summed E-state index contributed by atoms with van der Waals surface area (Å²) in [6, 6.07) is 14.8. The molecule has 3 atom stereocenters. The van der Waals surface area contributed by atoms with Gasteiger partial charge in [-0.25, -0.2) is 8.78 Å². The number of allylic oxidation sites excluding steroid dienone is 1. The number of fused-ring (bicyclic) bond motifs is 1. The number of hydrogen-bond acceptors (Lipinski definition) is 5. The molecule has 1 unspecified atom stereocenters. The van der Waals surface area contributed by atoms with Gasteiger partial charge in [-0.2, -0.15) is 0 Å². The third kappa shape index (κ3) is 5.07. The Hall–Kier alpha value is -3.58. The predicted molar refractivity (Wildman–Crippen MR) is 143 cm³/mol. The van der Waals surface area contributed by atoms with E-state index in [2.05, 4.69) is 18.7 Å². The van der Waals surface area contributed by atoms with Gasteiger partial charge in [0.25, 0.3) is 0 Å². The molecule has 2 aliphatic rings. The molecule has 2 N–H and O–H groups in total. The Morgan fingerprint density at radius 3 is 2.42 bits per heavy atom. The molecule has 0 aromatic heterocycles. The van der Waals surface area contributed by atoms with E-state index in [0.717, 1.165) is 42.5 Å². The van der Waals surface area contributed by atoms with Gasteiger partial charge in [-0.1, -0.05) is 25.5 Å². The lowest BCUT2D eigenvalue weighted by atomic mass is 9.86. The van der Waals surface area contributed by atoms with Gasteiger partial charge >= 0.3 is 0 Å². The Kier molecular flexibility index (Phi) is 7.30. The highest BCUT2D eigenvalue weighted by Crippen LogP contribution is 2.48. The lowest BCUT2D eigenvalue weighted by Crippen LogP contribution is -2.35. The van der Waals surface area contributed by atoms with Gasteiger partial charge in [0.2, 0.25) is 0 Å². The molecular weight excluding hydrogens is 488 g/mol. The first-order valence-corrected chi connectivity index (χ1v) is 13.1. The highest BCUT2D eigenvalue weighted by atomic mass is 19.1. The minimum atomic E-state index is -1.05. The minimum absolute atomic E-state index is 0.0578. The van der Waals surface area contributed by atoms with Crippen LogP contribution in [0.1, 0.15) is 56.4 Å². The normalized spacial score (nSPS) is 20.2. The molecule has 0 bridgehead atoms.